The second-order valence-electron chi connectivity index (χ2n) is 4.76. The van der Waals surface area contributed by atoms with Gasteiger partial charge in [0, 0.05) is 18.1 Å². The summed E-state index contributed by atoms with van der Waals surface area (Å²) >= 11 is 5.93. The number of carboxylic acid groups (broad SMARTS) is 1. The molecule has 0 aliphatic carbocycles. The SMILES string of the molecule is CC1(OCC(=O)O)CN(c2cc(Cl)ccc2C#N)C1. The summed E-state index contributed by atoms with van der Waals surface area (Å²) in [5.41, 5.74) is 0.809. The van der Waals surface area contributed by atoms with Crippen LogP contribution in [0.1, 0.15) is 12.5 Å². The Labute approximate surface area is 116 Å². The highest BCUT2D eigenvalue weighted by atomic mass is 35.5. The molecule has 0 radical (unpaired) electrons. The smallest absolute Gasteiger partial charge is 0.329 e. The molecule has 1 aliphatic heterocycles. The van der Waals surface area contributed by atoms with Crippen LogP contribution in [-0.2, 0) is 9.53 Å². The highest BCUT2D eigenvalue weighted by Crippen LogP contribution is 2.33. The van der Waals surface area contributed by atoms with Crippen molar-refractivity contribution in [1.29, 1.82) is 5.26 Å². The van der Waals surface area contributed by atoms with E-state index < -0.39 is 11.6 Å². The first-order valence-electron chi connectivity index (χ1n) is 5.74. The lowest BCUT2D eigenvalue weighted by Crippen LogP contribution is -2.62. The molecule has 0 unspecified atom stereocenters. The number of nitrogens with zero attached hydrogens (tertiary/aromatic N) is 2. The van der Waals surface area contributed by atoms with Gasteiger partial charge in [0.25, 0.3) is 0 Å². The summed E-state index contributed by atoms with van der Waals surface area (Å²) < 4.78 is 5.33. The van der Waals surface area contributed by atoms with E-state index in [9.17, 15) is 4.79 Å². The predicted molar refractivity (Wildman–Crippen MR) is 70.4 cm³/mol. The molecule has 0 atom stereocenters. The molecular weight excluding hydrogens is 268 g/mol. The van der Waals surface area contributed by atoms with Crippen LogP contribution < -0.4 is 4.90 Å². The number of aliphatic carboxylic acids is 1. The number of rotatable bonds is 4. The van der Waals surface area contributed by atoms with Crippen molar-refractivity contribution in [1.82, 2.24) is 0 Å². The minimum Gasteiger partial charge on any atom is -0.480 e. The lowest BCUT2D eigenvalue weighted by Gasteiger charge is -2.48. The number of carboxylic acids is 1. The van der Waals surface area contributed by atoms with Crippen LogP contribution in [0.15, 0.2) is 18.2 Å². The summed E-state index contributed by atoms with van der Waals surface area (Å²) in [6.45, 7) is 2.61. The minimum atomic E-state index is -0.986. The van der Waals surface area contributed by atoms with E-state index in [-0.39, 0.29) is 6.61 Å². The zero-order valence-electron chi connectivity index (χ0n) is 10.4. The fourth-order valence-electron chi connectivity index (χ4n) is 2.12. The fraction of sp³-hybridized carbons (Fsp3) is 0.385. The normalized spacial score (nSPS) is 16.6. The number of ether oxygens (including phenoxy) is 1. The van der Waals surface area contributed by atoms with Gasteiger partial charge in [-0.2, -0.15) is 5.26 Å². The molecule has 5 nitrogen and oxygen atoms in total. The van der Waals surface area contributed by atoms with Gasteiger partial charge in [-0.1, -0.05) is 11.6 Å². The Morgan fingerprint density at radius 1 is 1.63 bits per heavy atom. The number of anilines is 1. The summed E-state index contributed by atoms with van der Waals surface area (Å²) in [6, 6.07) is 7.19. The Bertz CT molecular complexity index is 547. The highest BCUT2D eigenvalue weighted by molar-refractivity contribution is 6.30. The first-order valence-corrected chi connectivity index (χ1v) is 6.12. The number of carbonyl (C=O) groups is 1. The number of hydrogen-bond donors (Lipinski definition) is 1. The number of nitriles is 1. The molecule has 1 aliphatic rings. The average Bonchev–Trinajstić information content (AvgIpc) is 2.33. The van der Waals surface area contributed by atoms with Gasteiger partial charge in [0.1, 0.15) is 18.3 Å². The van der Waals surface area contributed by atoms with Gasteiger partial charge in [0.2, 0.25) is 0 Å². The molecule has 1 aromatic rings. The standard InChI is InChI=1S/C13H13ClN2O3/c1-13(19-6-12(17)18)7-16(8-13)11-4-10(14)3-2-9(11)5-15/h2-4H,6-8H2,1H3,(H,17,18). The van der Waals surface area contributed by atoms with E-state index in [0.717, 1.165) is 5.69 Å². The lowest BCUT2D eigenvalue weighted by atomic mass is 9.94. The van der Waals surface area contributed by atoms with Crippen LogP contribution in [0.4, 0.5) is 5.69 Å². The third-order valence-electron chi connectivity index (χ3n) is 3.02. The van der Waals surface area contributed by atoms with Crippen LogP contribution in [0.2, 0.25) is 5.02 Å². The number of halogens is 1. The molecule has 1 heterocycles. The molecule has 1 N–H and O–H groups in total. The molecule has 0 aromatic heterocycles. The zero-order chi connectivity index (χ0) is 14.0. The van der Waals surface area contributed by atoms with Crippen LogP contribution >= 0.6 is 11.6 Å². The van der Waals surface area contributed by atoms with Crippen molar-refractivity contribution >= 4 is 23.3 Å². The molecule has 6 heteroatoms. The van der Waals surface area contributed by atoms with Gasteiger partial charge in [0.15, 0.2) is 0 Å². The maximum absolute atomic E-state index is 10.5. The monoisotopic (exact) mass is 280 g/mol. The van der Waals surface area contributed by atoms with Gasteiger partial charge in [-0.05, 0) is 25.1 Å². The first kappa shape index (κ1) is 13.7. The Kier molecular flexibility index (Phi) is 3.65. The molecule has 0 amide bonds. The maximum atomic E-state index is 10.5. The highest BCUT2D eigenvalue weighted by Gasteiger charge is 2.41. The van der Waals surface area contributed by atoms with Gasteiger partial charge in [-0.3, -0.25) is 0 Å². The lowest BCUT2D eigenvalue weighted by molar-refractivity contribution is -0.150. The van der Waals surface area contributed by atoms with E-state index in [2.05, 4.69) is 6.07 Å². The van der Waals surface area contributed by atoms with E-state index in [1.165, 1.54) is 0 Å². The van der Waals surface area contributed by atoms with E-state index in [0.29, 0.717) is 23.7 Å². The van der Waals surface area contributed by atoms with Gasteiger partial charge < -0.3 is 14.7 Å². The molecular formula is C13H13ClN2O3. The van der Waals surface area contributed by atoms with Gasteiger partial charge in [0.05, 0.1) is 11.3 Å². The van der Waals surface area contributed by atoms with Crippen molar-refractivity contribution in [3.8, 4) is 6.07 Å². The van der Waals surface area contributed by atoms with E-state index in [4.69, 9.17) is 26.7 Å². The van der Waals surface area contributed by atoms with E-state index >= 15 is 0 Å². The Morgan fingerprint density at radius 3 is 2.89 bits per heavy atom. The maximum Gasteiger partial charge on any atom is 0.329 e. The van der Waals surface area contributed by atoms with E-state index in [1.54, 1.807) is 18.2 Å². The third kappa shape index (κ3) is 2.98. The van der Waals surface area contributed by atoms with Crippen molar-refractivity contribution in [2.75, 3.05) is 24.6 Å². The minimum absolute atomic E-state index is 0.314. The summed E-state index contributed by atoms with van der Waals surface area (Å²) in [5, 5.41) is 18.2. The molecule has 19 heavy (non-hydrogen) atoms. The van der Waals surface area contributed by atoms with Crippen LogP contribution in [0.5, 0.6) is 0 Å². The Balaban J connectivity index is 2.06. The summed E-state index contributed by atoms with van der Waals surface area (Å²) in [6.07, 6.45) is 0. The summed E-state index contributed by atoms with van der Waals surface area (Å²) in [5.74, 6) is -0.986. The molecule has 2 rings (SSSR count). The van der Waals surface area contributed by atoms with Crippen molar-refractivity contribution in [2.24, 2.45) is 0 Å². The Morgan fingerprint density at radius 2 is 2.32 bits per heavy atom. The van der Waals surface area contributed by atoms with Crippen LogP contribution in [0.25, 0.3) is 0 Å². The zero-order valence-corrected chi connectivity index (χ0v) is 11.1. The topological polar surface area (TPSA) is 73.6 Å². The quantitative estimate of drug-likeness (QED) is 0.912. The number of hydrogen-bond acceptors (Lipinski definition) is 4. The third-order valence-corrected chi connectivity index (χ3v) is 3.25. The van der Waals surface area contributed by atoms with Crippen molar-refractivity contribution in [3.05, 3.63) is 28.8 Å². The average molecular weight is 281 g/mol. The second-order valence-corrected chi connectivity index (χ2v) is 5.20. The van der Waals surface area contributed by atoms with Gasteiger partial charge >= 0.3 is 5.97 Å². The van der Waals surface area contributed by atoms with Crippen LogP contribution in [-0.4, -0.2) is 36.4 Å². The Hall–Kier alpha value is -1.77. The predicted octanol–water partition coefficient (Wildman–Crippen LogP) is 1.89. The summed E-state index contributed by atoms with van der Waals surface area (Å²) in [4.78, 5) is 12.4. The largest absolute Gasteiger partial charge is 0.480 e. The number of benzene rings is 1. The van der Waals surface area contributed by atoms with Gasteiger partial charge in [-0.25, -0.2) is 4.79 Å². The molecule has 1 fully saturated rings. The van der Waals surface area contributed by atoms with E-state index in [1.807, 2.05) is 11.8 Å². The molecule has 1 aromatic carbocycles. The van der Waals surface area contributed by atoms with Crippen molar-refractivity contribution < 1.29 is 14.6 Å². The van der Waals surface area contributed by atoms with Crippen molar-refractivity contribution in [3.63, 3.8) is 0 Å². The van der Waals surface area contributed by atoms with Gasteiger partial charge in [-0.15, -0.1) is 0 Å². The van der Waals surface area contributed by atoms with Crippen molar-refractivity contribution in [2.45, 2.75) is 12.5 Å². The first-order chi connectivity index (χ1) is 8.93. The molecule has 100 valence electrons. The molecule has 0 bridgehead atoms. The van der Waals surface area contributed by atoms with Crippen LogP contribution in [0, 0.1) is 11.3 Å². The fourth-order valence-corrected chi connectivity index (χ4v) is 2.29. The molecule has 0 saturated carbocycles. The van der Waals surface area contributed by atoms with Crippen LogP contribution in [0.3, 0.4) is 0 Å². The second kappa shape index (κ2) is 5.08. The summed E-state index contributed by atoms with van der Waals surface area (Å²) in [7, 11) is 0. The molecule has 1 saturated heterocycles. The molecule has 0 spiro atoms.